The van der Waals surface area contributed by atoms with Crippen LogP contribution in [0.2, 0.25) is 0 Å². The first-order valence-corrected chi connectivity index (χ1v) is 27.4. The van der Waals surface area contributed by atoms with Crippen LogP contribution < -0.4 is 5.32 Å². The van der Waals surface area contributed by atoms with Crippen LogP contribution in [0.1, 0.15) is 181 Å². The Labute approximate surface area is 423 Å². The van der Waals surface area contributed by atoms with E-state index in [1.807, 2.05) is 6.08 Å². The average molecular weight is 1020 g/mol. The third-order valence-electron chi connectivity index (χ3n) is 14.1. The molecule has 0 bridgehead atoms. The van der Waals surface area contributed by atoms with E-state index in [2.05, 4.69) is 19.2 Å². The van der Waals surface area contributed by atoms with Crippen molar-refractivity contribution in [1.82, 2.24) is 5.32 Å². The zero-order chi connectivity index (χ0) is 52.0. The monoisotopic (exact) mass is 1020 g/mol. The first-order chi connectivity index (χ1) is 34.3. The normalized spacial score (nSPS) is 32.3. The second-order valence-electron chi connectivity index (χ2n) is 20.1. The molecule has 19 nitrogen and oxygen atoms in total. The predicted molar refractivity (Wildman–Crippen MR) is 263 cm³/mol. The molecule has 0 spiro atoms. The molecule has 418 valence electrons. The number of carbonyl (C=O) groups excluding carboxylic acids is 1. The third kappa shape index (κ3) is 22.7. The number of hydrogen-bond donors (Lipinski definition) is 12. The van der Waals surface area contributed by atoms with E-state index in [9.17, 15) is 61.0 Å². The summed E-state index contributed by atoms with van der Waals surface area (Å²) in [6, 6.07) is -0.964. The predicted octanol–water partition coefficient (Wildman–Crippen LogP) is 3.04. The SMILES string of the molecule is CCCCCCCCCCCCCC=C[C@@H](O)[C@H](CO[C@@H]1O[C@H](CO)[C@@H](O[C@@H]2O[C@H](CO)[C@H](O[C@H]3O[C@H](CO)[C@H](O)[C@H](O)[C@H]3O)[C@H](O)[C@H]2O)[C@H](O)[C@H]1O)NC(=O)CCCCCCCCCCCCCCC. The molecule has 0 radical (unpaired) electrons. The Morgan fingerprint density at radius 1 is 0.493 bits per heavy atom. The molecular weight excluding hydrogens is 927 g/mol. The van der Waals surface area contributed by atoms with Gasteiger partial charge in [-0.1, -0.05) is 167 Å². The van der Waals surface area contributed by atoms with Gasteiger partial charge in [-0.2, -0.15) is 0 Å². The highest BCUT2D eigenvalue weighted by Gasteiger charge is 2.53. The first kappa shape index (κ1) is 63.8. The number of aliphatic hydroxyl groups excluding tert-OH is 11. The fraction of sp³-hybridized carbons (Fsp3) is 0.942. The molecule has 0 aromatic heterocycles. The topological polar surface area (TPSA) is 307 Å². The minimum absolute atomic E-state index is 0.248. The summed E-state index contributed by atoms with van der Waals surface area (Å²) in [5.41, 5.74) is 0. The lowest BCUT2D eigenvalue weighted by atomic mass is 9.96. The fourth-order valence-corrected chi connectivity index (χ4v) is 9.48. The molecule has 0 unspecified atom stereocenters. The van der Waals surface area contributed by atoms with E-state index in [0.29, 0.717) is 6.42 Å². The number of aliphatic hydroxyl groups is 11. The Kier molecular flexibility index (Phi) is 33.5. The number of rotatable bonds is 39. The van der Waals surface area contributed by atoms with Crippen molar-refractivity contribution < 1.29 is 89.4 Å². The molecule has 3 saturated heterocycles. The van der Waals surface area contributed by atoms with Crippen molar-refractivity contribution in [3.8, 4) is 0 Å². The van der Waals surface area contributed by atoms with E-state index in [4.69, 9.17) is 28.4 Å². The summed E-state index contributed by atoms with van der Waals surface area (Å²) in [5, 5.41) is 120. The summed E-state index contributed by atoms with van der Waals surface area (Å²) >= 11 is 0. The van der Waals surface area contributed by atoms with E-state index >= 15 is 0 Å². The number of nitrogens with one attached hydrogen (secondary N) is 1. The summed E-state index contributed by atoms with van der Waals surface area (Å²) in [6.07, 6.45) is 6.32. The number of ether oxygens (including phenoxy) is 6. The van der Waals surface area contributed by atoms with Crippen molar-refractivity contribution in [1.29, 1.82) is 0 Å². The molecule has 17 atom stereocenters. The molecule has 0 aromatic rings. The number of carbonyl (C=O) groups is 1. The van der Waals surface area contributed by atoms with Crippen LogP contribution in [0.15, 0.2) is 12.2 Å². The molecule has 3 aliphatic heterocycles. The van der Waals surface area contributed by atoms with E-state index in [1.165, 1.54) is 109 Å². The van der Waals surface area contributed by atoms with E-state index in [1.54, 1.807) is 6.08 Å². The minimum atomic E-state index is -1.97. The van der Waals surface area contributed by atoms with Crippen LogP contribution in [0.4, 0.5) is 0 Å². The van der Waals surface area contributed by atoms with Crippen LogP contribution in [-0.4, -0.2) is 193 Å². The van der Waals surface area contributed by atoms with Gasteiger partial charge in [-0.3, -0.25) is 4.79 Å². The van der Waals surface area contributed by atoms with Crippen LogP contribution in [0.5, 0.6) is 0 Å². The van der Waals surface area contributed by atoms with Gasteiger partial charge in [0.2, 0.25) is 5.91 Å². The van der Waals surface area contributed by atoms with Gasteiger partial charge in [0.05, 0.1) is 38.6 Å². The standard InChI is InChI=1S/C52H97NO18/c1-3-5-7-9-11-13-15-17-19-21-23-25-27-29-36(57)35(53-40(58)30-28-26-24-22-20-18-16-14-12-10-8-6-4-2)34-66-50-46(64)43(61)48(38(32-55)68-50)71-52-47(65)44(62)49(39(33-56)69-52)70-51-45(63)42(60)41(59)37(31-54)67-51/h27,29,35-39,41-52,54-57,59-65H,3-26,28,30-34H2,1-2H3,(H,53,58)/t35-,36+,37+,38+,39+,41-,42-,43+,44+,45+,46+,47+,48+,49-,50+,51+,52-/m0/s1. The Morgan fingerprint density at radius 3 is 1.32 bits per heavy atom. The maximum absolute atomic E-state index is 13.2. The van der Waals surface area contributed by atoms with Crippen LogP contribution in [0, 0.1) is 0 Å². The number of amides is 1. The van der Waals surface area contributed by atoms with Gasteiger partial charge in [-0.15, -0.1) is 0 Å². The van der Waals surface area contributed by atoms with Gasteiger partial charge in [-0.25, -0.2) is 0 Å². The van der Waals surface area contributed by atoms with Crippen molar-refractivity contribution >= 4 is 5.91 Å². The molecule has 0 aliphatic carbocycles. The van der Waals surface area contributed by atoms with Gasteiger partial charge < -0.3 is 89.9 Å². The van der Waals surface area contributed by atoms with Gasteiger partial charge in [0.15, 0.2) is 18.9 Å². The molecular formula is C52H97NO18. The Bertz CT molecular complexity index is 1360. The Balaban J connectivity index is 1.55. The second kappa shape index (κ2) is 37.3. The largest absolute Gasteiger partial charge is 0.394 e. The number of allylic oxidation sites excluding steroid dienone is 1. The van der Waals surface area contributed by atoms with Crippen LogP contribution in [0.25, 0.3) is 0 Å². The highest BCUT2D eigenvalue weighted by atomic mass is 16.8. The number of unbranched alkanes of at least 4 members (excludes halogenated alkanes) is 23. The Morgan fingerprint density at radius 2 is 0.873 bits per heavy atom. The molecule has 71 heavy (non-hydrogen) atoms. The zero-order valence-corrected chi connectivity index (χ0v) is 43.0. The molecule has 3 fully saturated rings. The fourth-order valence-electron chi connectivity index (χ4n) is 9.48. The summed E-state index contributed by atoms with van der Waals surface area (Å²) in [7, 11) is 0. The molecule has 12 N–H and O–H groups in total. The molecule has 19 heteroatoms. The molecule has 3 heterocycles. The Hall–Kier alpha value is -1.47. The van der Waals surface area contributed by atoms with Gasteiger partial charge in [0.1, 0.15) is 73.2 Å². The molecule has 3 rings (SSSR count). The molecule has 1 amide bonds. The molecule has 0 aromatic carbocycles. The summed E-state index contributed by atoms with van der Waals surface area (Å²) in [4.78, 5) is 13.2. The maximum atomic E-state index is 13.2. The lowest BCUT2D eigenvalue weighted by Gasteiger charge is -2.48. The second-order valence-corrected chi connectivity index (χ2v) is 20.1. The summed E-state index contributed by atoms with van der Waals surface area (Å²) < 4.78 is 34.1. The van der Waals surface area contributed by atoms with Crippen LogP contribution >= 0.6 is 0 Å². The first-order valence-electron chi connectivity index (χ1n) is 27.4. The lowest BCUT2D eigenvalue weighted by molar-refractivity contribution is -0.379. The zero-order valence-electron chi connectivity index (χ0n) is 43.0. The highest BCUT2D eigenvalue weighted by Crippen LogP contribution is 2.33. The molecule has 3 aliphatic rings. The van der Waals surface area contributed by atoms with Gasteiger partial charge in [-0.05, 0) is 19.3 Å². The molecule has 0 saturated carbocycles. The van der Waals surface area contributed by atoms with Gasteiger partial charge in [0.25, 0.3) is 0 Å². The van der Waals surface area contributed by atoms with Crippen LogP contribution in [0.3, 0.4) is 0 Å². The maximum Gasteiger partial charge on any atom is 0.220 e. The van der Waals surface area contributed by atoms with Crippen molar-refractivity contribution in [2.75, 3.05) is 26.4 Å². The lowest BCUT2D eigenvalue weighted by Crippen LogP contribution is -2.66. The summed E-state index contributed by atoms with van der Waals surface area (Å²) in [6.45, 7) is 1.69. The van der Waals surface area contributed by atoms with Crippen molar-refractivity contribution in [2.24, 2.45) is 0 Å². The average Bonchev–Trinajstić information content (AvgIpc) is 3.36. The van der Waals surface area contributed by atoms with Crippen LogP contribution in [-0.2, 0) is 33.2 Å². The third-order valence-corrected chi connectivity index (χ3v) is 14.1. The number of hydrogen-bond acceptors (Lipinski definition) is 18. The van der Waals surface area contributed by atoms with Gasteiger partial charge in [0, 0.05) is 6.42 Å². The minimum Gasteiger partial charge on any atom is -0.394 e. The van der Waals surface area contributed by atoms with Crippen molar-refractivity contribution in [3.05, 3.63) is 12.2 Å². The van der Waals surface area contributed by atoms with Crippen molar-refractivity contribution in [2.45, 2.75) is 285 Å². The van der Waals surface area contributed by atoms with Gasteiger partial charge >= 0.3 is 0 Å². The highest BCUT2D eigenvalue weighted by molar-refractivity contribution is 5.76. The summed E-state index contributed by atoms with van der Waals surface area (Å²) in [5.74, 6) is -0.276. The van der Waals surface area contributed by atoms with E-state index in [0.717, 1.165) is 44.9 Å². The van der Waals surface area contributed by atoms with Crippen molar-refractivity contribution in [3.63, 3.8) is 0 Å². The quantitative estimate of drug-likeness (QED) is 0.0311. The smallest absolute Gasteiger partial charge is 0.220 e. The van der Waals surface area contributed by atoms with E-state index in [-0.39, 0.29) is 18.9 Å². The van der Waals surface area contributed by atoms with E-state index < -0.39 is 124 Å².